The van der Waals surface area contributed by atoms with Crippen molar-refractivity contribution in [3.05, 3.63) is 46.6 Å². The number of aromatic nitrogens is 8. The van der Waals surface area contributed by atoms with Gasteiger partial charge in [-0.2, -0.15) is 0 Å². The van der Waals surface area contributed by atoms with E-state index in [1.165, 1.54) is 17.3 Å². The number of sulfone groups is 1. The molecule has 0 aromatic carbocycles. The van der Waals surface area contributed by atoms with Crippen molar-refractivity contribution in [3.8, 4) is 11.8 Å². The van der Waals surface area contributed by atoms with Gasteiger partial charge in [-0.05, 0) is 70.3 Å². The molecule has 5 aromatic rings. The van der Waals surface area contributed by atoms with Crippen LogP contribution in [0.3, 0.4) is 0 Å². The van der Waals surface area contributed by atoms with E-state index in [1.54, 1.807) is 11.3 Å². The zero-order valence-corrected chi connectivity index (χ0v) is 34.0. The third kappa shape index (κ3) is 10.7. The third-order valence-corrected chi connectivity index (χ3v) is 12.0. The van der Waals surface area contributed by atoms with Crippen LogP contribution in [0.15, 0.2) is 29.8 Å². The number of nitrogens with two attached hydrogens (primary N) is 1. The first-order chi connectivity index (χ1) is 27.0. The predicted molar refractivity (Wildman–Crippen MR) is 216 cm³/mol. The smallest absolute Gasteiger partial charge is 0.246 e. The number of fused-ring (bicyclic) bond motifs is 3. The Labute approximate surface area is 331 Å². The molecule has 0 atom stereocenters. The van der Waals surface area contributed by atoms with Gasteiger partial charge in [0, 0.05) is 68.3 Å². The molecule has 0 aliphatic heterocycles. The molecule has 1 aliphatic rings. The Morgan fingerprint density at radius 3 is 2.59 bits per heavy atom. The highest BCUT2D eigenvalue weighted by molar-refractivity contribution is 7.90. The van der Waals surface area contributed by atoms with E-state index < -0.39 is 9.84 Å². The SMILES string of the molecule is CCCCc1nc2c(N)nc3cc(C)sc3c2n1CCCCNC(=O)C1CCC(Cn2cc(CNC(=O)CCCC#Cc3cnc(S(C)(=O)=O)nc3)nn2)CC1. The van der Waals surface area contributed by atoms with Crippen molar-refractivity contribution in [1.29, 1.82) is 0 Å². The number of hydrogen-bond acceptors (Lipinski definition) is 12. The van der Waals surface area contributed by atoms with E-state index in [2.05, 4.69) is 72.2 Å². The normalized spacial score (nSPS) is 15.8. The largest absolute Gasteiger partial charge is 0.382 e. The number of nitrogen functional groups attached to an aromatic ring is 1. The Hall–Kier alpha value is -4.95. The Balaban J connectivity index is 0.866. The molecule has 1 fully saturated rings. The molecule has 17 heteroatoms. The van der Waals surface area contributed by atoms with Crippen molar-refractivity contribution in [2.24, 2.45) is 11.8 Å². The Morgan fingerprint density at radius 2 is 1.84 bits per heavy atom. The molecule has 1 saturated carbocycles. The number of hydrogen-bond donors (Lipinski definition) is 3. The minimum atomic E-state index is -3.45. The number of rotatable bonds is 17. The number of carbonyl (C=O) groups is 2. The maximum Gasteiger partial charge on any atom is 0.246 e. The summed E-state index contributed by atoms with van der Waals surface area (Å²) < 4.78 is 28.2. The van der Waals surface area contributed by atoms with Gasteiger partial charge >= 0.3 is 0 Å². The van der Waals surface area contributed by atoms with Gasteiger partial charge in [0.1, 0.15) is 17.0 Å². The molecule has 56 heavy (non-hydrogen) atoms. The van der Waals surface area contributed by atoms with Crippen molar-refractivity contribution < 1.29 is 18.0 Å². The Bertz CT molecular complexity index is 2310. The molecule has 0 saturated heterocycles. The quantitative estimate of drug-likeness (QED) is 0.0655. The minimum absolute atomic E-state index is 0.0327. The van der Waals surface area contributed by atoms with Gasteiger partial charge in [-0.15, -0.1) is 16.4 Å². The maximum atomic E-state index is 13.1. The van der Waals surface area contributed by atoms with Crippen LogP contribution in [0.2, 0.25) is 0 Å². The van der Waals surface area contributed by atoms with Gasteiger partial charge in [-0.3, -0.25) is 14.3 Å². The summed E-state index contributed by atoms with van der Waals surface area (Å²) in [5.41, 5.74) is 10.4. The molecule has 298 valence electrons. The average molecular weight is 802 g/mol. The molecule has 1 aliphatic carbocycles. The lowest BCUT2D eigenvalue weighted by Gasteiger charge is -2.27. The molecule has 5 heterocycles. The molecule has 0 spiro atoms. The monoisotopic (exact) mass is 801 g/mol. The van der Waals surface area contributed by atoms with Crippen molar-refractivity contribution in [2.45, 2.75) is 116 Å². The van der Waals surface area contributed by atoms with E-state index in [0.717, 1.165) is 104 Å². The van der Waals surface area contributed by atoms with E-state index in [-0.39, 0.29) is 22.9 Å². The van der Waals surface area contributed by atoms with Gasteiger partial charge in [0.2, 0.25) is 26.8 Å². The fourth-order valence-electron chi connectivity index (χ4n) is 7.09. The summed E-state index contributed by atoms with van der Waals surface area (Å²) in [5, 5.41) is 14.3. The van der Waals surface area contributed by atoms with Gasteiger partial charge in [0.25, 0.3) is 0 Å². The number of imidazole rings is 1. The molecule has 6 rings (SSSR count). The van der Waals surface area contributed by atoms with Crippen LogP contribution < -0.4 is 16.4 Å². The average Bonchev–Trinajstić information content (AvgIpc) is 3.89. The van der Waals surface area contributed by atoms with E-state index in [4.69, 9.17) is 10.7 Å². The van der Waals surface area contributed by atoms with E-state index in [9.17, 15) is 18.0 Å². The molecule has 0 unspecified atom stereocenters. The van der Waals surface area contributed by atoms with Gasteiger partial charge in [0.15, 0.2) is 5.82 Å². The molecule has 15 nitrogen and oxygen atoms in total. The molecule has 0 bridgehead atoms. The number of aryl methyl sites for hydroxylation is 3. The van der Waals surface area contributed by atoms with Crippen LogP contribution in [0.1, 0.15) is 99.5 Å². The first kappa shape index (κ1) is 40.7. The number of amides is 2. The summed E-state index contributed by atoms with van der Waals surface area (Å²) in [7, 11) is -3.45. The summed E-state index contributed by atoms with van der Waals surface area (Å²) in [4.78, 5) is 43.8. The molecule has 2 amide bonds. The topological polar surface area (TPSA) is 206 Å². The van der Waals surface area contributed by atoms with Crippen LogP contribution in [-0.2, 0) is 45.5 Å². The van der Waals surface area contributed by atoms with Crippen molar-refractivity contribution in [1.82, 2.24) is 50.1 Å². The van der Waals surface area contributed by atoms with Gasteiger partial charge in [0.05, 0.1) is 34.0 Å². The fraction of sp³-hybridized carbons (Fsp3) is 0.538. The first-order valence-electron chi connectivity index (χ1n) is 19.5. The highest BCUT2D eigenvalue weighted by atomic mass is 32.2. The second-order valence-electron chi connectivity index (χ2n) is 14.7. The third-order valence-electron chi connectivity index (χ3n) is 10.1. The maximum absolute atomic E-state index is 13.1. The Kier molecular flexibility index (Phi) is 13.7. The molecule has 0 radical (unpaired) electrons. The van der Waals surface area contributed by atoms with E-state index in [0.29, 0.717) is 55.3 Å². The lowest BCUT2D eigenvalue weighted by atomic mass is 9.81. The lowest BCUT2D eigenvalue weighted by Crippen LogP contribution is -2.34. The second-order valence-corrected chi connectivity index (χ2v) is 17.8. The number of pyridine rings is 1. The fourth-order valence-corrected chi connectivity index (χ4v) is 8.59. The molecular formula is C39H51N11O4S2. The summed E-state index contributed by atoms with van der Waals surface area (Å²) >= 11 is 1.74. The molecular weight excluding hydrogens is 751 g/mol. The summed E-state index contributed by atoms with van der Waals surface area (Å²) in [5.74, 6) is 7.89. The van der Waals surface area contributed by atoms with Crippen LogP contribution >= 0.6 is 11.3 Å². The summed E-state index contributed by atoms with van der Waals surface area (Å²) in [6.45, 7) is 6.79. The highest BCUT2D eigenvalue weighted by Crippen LogP contribution is 2.35. The van der Waals surface area contributed by atoms with Crippen LogP contribution in [0.25, 0.3) is 21.3 Å². The predicted octanol–water partition coefficient (Wildman–Crippen LogP) is 4.91. The van der Waals surface area contributed by atoms with Crippen LogP contribution in [-0.4, -0.2) is 72.5 Å². The second kappa shape index (κ2) is 18.8. The minimum Gasteiger partial charge on any atom is -0.382 e. The van der Waals surface area contributed by atoms with E-state index in [1.807, 2.05) is 10.9 Å². The highest BCUT2D eigenvalue weighted by Gasteiger charge is 2.27. The number of carbonyl (C=O) groups excluding carboxylic acids is 2. The summed E-state index contributed by atoms with van der Waals surface area (Å²) in [6.07, 6.45) is 15.5. The number of nitrogens with zero attached hydrogens (tertiary/aromatic N) is 8. The standard InChI is InChI=1S/C39H51N11O4S2/c1-4-5-12-32-46-34-35(36-31(45-37(34)40)20-26(2)55-36)50(32)19-10-9-18-41-38(52)29-16-14-27(15-17-29)24-49-25-30(47-48-49)23-42-33(51)13-8-6-7-11-28-21-43-39(44-22-28)56(3,53)54/h20-22,25,27,29H,4-6,8-10,12-19,23-24H2,1-3H3,(H2,40,45)(H,41,52)(H,42,51). The summed E-state index contributed by atoms with van der Waals surface area (Å²) in [6, 6.07) is 2.09. The van der Waals surface area contributed by atoms with Crippen LogP contribution in [0.5, 0.6) is 0 Å². The molecule has 4 N–H and O–H groups in total. The van der Waals surface area contributed by atoms with Gasteiger partial charge in [-0.25, -0.2) is 28.4 Å². The van der Waals surface area contributed by atoms with Crippen molar-refractivity contribution >= 4 is 60.1 Å². The van der Waals surface area contributed by atoms with E-state index >= 15 is 0 Å². The van der Waals surface area contributed by atoms with Gasteiger partial charge < -0.3 is 20.9 Å². The lowest BCUT2D eigenvalue weighted by molar-refractivity contribution is -0.126. The first-order valence-corrected chi connectivity index (χ1v) is 22.2. The molecule has 5 aromatic heterocycles. The Morgan fingerprint density at radius 1 is 1.05 bits per heavy atom. The zero-order chi connectivity index (χ0) is 39.7. The van der Waals surface area contributed by atoms with Crippen LogP contribution in [0.4, 0.5) is 5.82 Å². The number of unbranched alkanes of at least 4 members (excludes halogenated alkanes) is 3. The zero-order valence-electron chi connectivity index (χ0n) is 32.4. The number of thiophene rings is 1. The van der Waals surface area contributed by atoms with Crippen molar-refractivity contribution in [3.63, 3.8) is 0 Å². The van der Waals surface area contributed by atoms with Gasteiger partial charge in [-0.1, -0.05) is 30.4 Å². The number of anilines is 1. The van der Waals surface area contributed by atoms with Crippen molar-refractivity contribution in [2.75, 3.05) is 18.5 Å². The van der Waals surface area contributed by atoms with Crippen LogP contribution in [0, 0.1) is 30.6 Å². The number of nitrogens with one attached hydrogen (secondary N) is 2.